The monoisotopic (exact) mass is 273 g/mol. The average molecular weight is 273 g/mol. The van der Waals surface area contributed by atoms with Crippen molar-refractivity contribution in [2.24, 2.45) is 0 Å². The highest BCUT2D eigenvalue weighted by molar-refractivity contribution is 5.43. The molecule has 0 amide bonds. The van der Waals surface area contributed by atoms with E-state index in [1.807, 2.05) is 32.0 Å². The molecule has 1 heterocycles. The number of ether oxygens (including phenoxy) is 1. The van der Waals surface area contributed by atoms with Gasteiger partial charge in [0.15, 0.2) is 0 Å². The van der Waals surface area contributed by atoms with Gasteiger partial charge in [-0.1, -0.05) is 17.3 Å². The predicted molar refractivity (Wildman–Crippen MR) is 74.6 cm³/mol. The molecule has 0 radical (unpaired) electrons. The van der Waals surface area contributed by atoms with Crippen LogP contribution in [-0.4, -0.2) is 10.3 Å². The fourth-order valence-corrected chi connectivity index (χ4v) is 2.78. The Morgan fingerprint density at radius 3 is 3.00 bits per heavy atom. The second-order valence-electron chi connectivity index (χ2n) is 5.32. The number of aromatic nitrogens is 1. The lowest BCUT2D eigenvalue weighted by molar-refractivity contribution is 0.155. The van der Waals surface area contributed by atoms with Crippen LogP contribution in [0.1, 0.15) is 47.1 Å². The molecule has 0 fully saturated rings. The number of rotatable bonds is 3. The summed E-state index contributed by atoms with van der Waals surface area (Å²) < 4.78 is 11.1. The average Bonchev–Trinajstić information content (AvgIpc) is 2.76. The summed E-state index contributed by atoms with van der Waals surface area (Å²) in [6.07, 6.45) is 2.44. The minimum Gasteiger partial charge on any atom is -0.488 e. The van der Waals surface area contributed by atoms with E-state index in [1.165, 1.54) is 0 Å². The molecule has 1 N–H and O–H groups in total. The highest BCUT2D eigenvalue weighted by Crippen LogP contribution is 2.35. The van der Waals surface area contributed by atoms with E-state index in [1.54, 1.807) is 0 Å². The molecule has 106 valence electrons. The topological polar surface area (TPSA) is 55.5 Å². The number of fused-ring (bicyclic) bond motifs is 1. The summed E-state index contributed by atoms with van der Waals surface area (Å²) in [5.74, 6) is 1.66. The van der Waals surface area contributed by atoms with Crippen molar-refractivity contribution in [3.63, 3.8) is 0 Å². The molecule has 4 heteroatoms. The second-order valence-corrected chi connectivity index (χ2v) is 5.32. The standard InChI is InChI=1S/C16H19NO3/c1-10-14(11(2)20-17-10)9-19-16-8-4-5-12-13(16)6-3-7-15(12)18/h4-5,8,15,18H,3,6-7,9H2,1-2H3/t15-/m0/s1. The van der Waals surface area contributed by atoms with Gasteiger partial charge in [-0.25, -0.2) is 0 Å². The Hall–Kier alpha value is -1.81. The van der Waals surface area contributed by atoms with E-state index >= 15 is 0 Å². The van der Waals surface area contributed by atoms with Gasteiger partial charge >= 0.3 is 0 Å². The lowest BCUT2D eigenvalue weighted by Gasteiger charge is -2.23. The van der Waals surface area contributed by atoms with Gasteiger partial charge in [0.2, 0.25) is 0 Å². The third-order valence-corrected chi connectivity index (χ3v) is 3.99. The van der Waals surface area contributed by atoms with Gasteiger partial charge in [-0.2, -0.15) is 0 Å². The fourth-order valence-electron chi connectivity index (χ4n) is 2.78. The van der Waals surface area contributed by atoms with Gasteiger partial charge in [-0.15, -0.1) is 0 Å². The summed E-state index contributed by atoms with van der Waals surface area (Å²) in [6, 6.07) is 5.90. The quantitative estimate of drug-likeness (QED) is 0.932. The first-order valence-electron chi connectivity index (χ1n) is 7.01. The van der Waals surface area contributed by atoms with Crippen LogP contribution in [0.2, 0.25) is 0 Å². The van der Waals surface area contributed by atoms with Crippen LogP contribution >= 0.6 is 0 Å². The molecule has 20 heavy (non-hydrogen) atoms. The molecule has 1 atom stereocenters. The molecular weight excluding hydrogens is 254 g/mol. The number of benzene rings is 1. The molecule has 3 rings (SSSR count). The zero-order valence-corrected chi connectivity index (χ0v) is 11.8. The molecule has 4 nitrogen and oxygen atoms in total. The summed E-state index contributed by atoms with van der Waals surface area (Å²) in [6.45, 7) is 4.26. The summed E-state index contributed by atoms with van der Waals surface area (Å²) >= 11 is 0. The van der Waals surface area contributed by atoms with Crippen molar-refractivity contribution in [1.82, 2.24) is 5.16 Å². The first-order valence-corrected chi connectivity index (χ1v) is 7.01. The predicted octanol–water partition coefficient (Wildman–Crippen LogP) is 3.24. The van der Waals surface area contributed by atoms with Crippen LogP contribution in [0.5, 0.6) is 5.75 Å². The van der Waals surface area contributed by atoms with E-state index in [0.29, 0.717) is 6.61 Å². The lowest BCUT2D eigenvalue weighted by Crippen LogP contribution is -2.11. The van der Waals surface area contributed by atoms with Crippen molar-refractivity contribution in [3.8, 4) is 5.75 Å². The van der Waals surface area contributed by atoms with Crippen molar-refractivity contribution in [2.75, 3.05) is 0 Å². The van der Waals surface area contributed by atoms with E-state index in [-0.39, 0.29) is 6.10 Å². The minimum atomic E-state index is -0.360. The molecule has 1 aliphatic rings. The number of aryl methyl sites for hydroxylation is 2. The van der Waals surface area contributed by atoms with Gasteiger partial charge in [0.05, 0.1) is 17.4 Å². The van der Waals surface area contributed by atoms with Crippen LogP contribution < -0.4 is 4.74 Å². The van der Waals surface area contributed by atoms with Crippen molar-refractivity contribution in [3.05, 3.63) is 46.3 Å². The van der Waals surface area contributed by atoms with Crippen LogP contribution in [0.4, 0.5) is 0 Å². The first-order chi connectivity index (χ1) is 9.66. The summed E-state index contributed by atoms with van der Waals surface area (Å²) in [5.41, 5.74) is 4.01. The molecule has 0 saturated heterocycles. The van der Waals surface area contributed by atoms with Gasteiger partial charge in [0, 0.05) is 0 Å². The largest absolute Gasteiger partial charge is 0.488 e. The summed E-state index contributed by atoms with van der Waals surface area (Å²) in [5, 5.41) is 14.0. The maximum atomic E-state index is 10.0. The Morgan fingerprint density at radius 2 is 2.25 bits per heavy atom. The molecule has 0 aliphatic heterocycles. The molecule has 0 spiro atoms. The Labute approximate surface area is 118 Å². The number of aliphatic hydroxyl groups is 1. The van der Waals surface area contributed by atoms with E-state index < -0.39 is 0 Å². The van der Waals surface area contributed by atoms with Gasteiger partial charge in [-0.3, -0.25) is 0 Å². The zero-order chi connectivity index (χ0) is 14.1. The zero-order valence-electron chi connectivity index (χ0n) is 11.8. The van der Waals surface area contributed by atoms with Crippen LogP contribution in [0.3, 0.4) is 0 Å². The normalized spacial score (nSPS) is 17.9. The van der Waals surface area contributed by atoms with Crippen LogP contribution in [0.15, 0.2) is 22.7 Å². The third kappa shape index (κ3) is 2.31. The van der Waals surface area contributed by atoms with Crippen molar-refractivity contribution < 1.29 is 14.4 Å². The highest BCUT2D eigenvalue weighted by Gasteiger charge is 2.21. The van der Waals surface area contributed by atoms with E-state index in [2.05, 4.69) is 5.16 Å². The van der Waals surface area contributed by atoms with E-state index in [4.69, 9.17) is 9.26 Å². The Morgan fingerprint density at radius 1 is 1.40 bits per heavy atom. The van der Waals surface area contributed by atoms with Crippen molar-refractivity contribution in [1.29, 1.82) is 0 Å². The minimum absolute atomic E-state index is 0.360. The molecule has 0 bridgehead atoms. The van der Waals surface area contributed by atoms with Crippen molar-refractivity contribution >= 4 is 0 Å². The smallest absolute Gasteiger partial charge is 0.140 e. The number of aliphatic hydroxyl groups excluding tert-OH is 1. The third-order valence-electron chi connectivity index (χ3n) is 3.99. The maximum absolute atomic E-state index is 10.0. The lowest BCUT2D eigenvalue weighted by atomic mass is 9.89. The molecule has 0 unspecified atom stereocenters. The summed E-state index contributed by atoms with van der Waals surface area (Å²) in [4.78, 5) is 0. The SMILES string of the molecule is Cc1noc(C)c1COc1cccc2c1CCC[C@@H]2O. The van der Waals surface area contributed by atoms with E-state index in [9.17, 15) is 5.11 Å². The van der Waals surface area contributed by atoms with Gasteiger partial charge in [0.1, 0.15) is 18.1 Å². The fraction of sp³-hybridized carbons (Fsp3) is 0.438. The Kier molecular flexibility index (Phi) is 3.49. The number of hydrogen-bond donors (Lipinski definition) is 1. The molecule has 1 aromatic carbocycles. The summed E-state index contributed by atoms with van der Waals surface area (Å²) in [7, 11) is 0. The van der Waals surface area contributed by atoms with Crippen LogP contribution in [-0.2, 0) is 13.0 Å². The first kappa shape index (κ1) is 13.2. The van der Waals surface area contributed by atoms with Crippen molar-refractivity contribution in [2.45, 2.75) is 45.8 Å². The molecule has 1 aliphatic carbocycles. The highest BCUT2D eigenvalue weighted by atomic mass is 16.5. The second kappa shape index (κ2) is 5.29. The number of hydrogen-bond acceptors (Lipinski definition) is 4. The van der Waals surface area contributed by atoms with Crippen LogP contribution in [0.25, 0.3) is 0 Å². The van der Waals surface area contributed by atoms with Gasteiger partial charge in [0.25, 0.3) is 0 Å². The van der Waals surface area contributed by atoms with E-state index in [0.717, 1.165) is 53.2 Å². The van der Waals surface area contributed by atoms with Gasteiger partial charge in [-0.05, 0) is 50.3 Å². The molecular formula is C16H19NO3. The molecule has 1 aromatic heterocycles. The van der Waals surface area contributed by atoms with Crippen LogP contribution in [0, 0.1) is 13.8 Å². The molecule has 2 aromatic rings. The maximum Gasteiger partial charge on any atom is 0.140 e. The Bertz CT molecular complexity index is 599. The Balaban J connectivity index is 1.83. The van der Waals surface area contributed by atoms with Gasteiger partial charge < -0.3 is 14.4 Å². The number of nitrogens with zero attached hydrogens (tertiary/aromatic N) is 1. The molecule has 0 saturated carbocycles.